The summed E-state index contributed by atoms with van der Waals surface area (Å²) in [5.74, 6) is 2.52. The van der Waals surface area contributed by atoms with Gasteiger partial charge in [0.15, 0.2) is 0 Å². The third kappa shape index (κ3) is 3.19. The molecule has 0 unspecified atom stereocenters. The molecule has 0 aliphatic heterocycles. The molecule has 0 aromatic carbocycles. The molecular formula is C15H24N4O. The molecule has 1 amide bonds. The third-order valence-electron chi connectivity index (χ3n) is 4.03. The van der Waals surface area contributed by atoms with Gasteiger partial charge in [-0.25, -0.2) is 4.98 Å². The van der Waals surface area contributed by atoms with Gasteiger partial charge >= 0.3 is 0 Å². The maximum absolute atomic E-state index is 12.6. The van der Waals surface area contributed by atoms with Gasteiger partial charge in [0.1, 0.15) is 5.82 Å². The number of hydrogen-bond donors (Lipinski definition) is 1. The van der Waals surface area contributed by atoms with Crippen molar-refractivity contribution in [3.05, 3.63) is 11.6 Å². The largest absolute Gasteiger partial charge is 0.335 e. The molecule has 1 aromatic heterocycles. The second-order valence-electron chi connectivity index (χ2n) is 7.35. The number of hydrogen-bond acceptors (Lipinski definition) is 3. The number of carbonyl (C=O) groups excluding carboxylic acids is 1. The maximum Gasteiger partial charge on any atom is 0.293 e. The standard InChI is InChI=1S/C15H24N4O/c1-15(2,3)14-16-12(17-18-14)13(20)19(8-10-4-5-10)9-11-6-7-11/h10-11H,4-9H2,1-3H3,(H,16,17,18). The Labute approximate surface area is 120 Å². The first-order valence-corrected chi connectivity index (χ1v) is 7.65. The summed E-state index contributed by atoms with van der Waals surface area (Å²) >= 11 is 0. The van der Waals surface area contributed by atoms with Crippen LogP contribution in [0.4, 0.5) is 0 Å². The van der Waals surface area contributed by atoms with Crippen LogP contribution in [0.3, 0.4) is 0 Å². The van der Waals surface area contributed by atoms with Crippen LogP contribution in [0.1, 0.15) is 62.9 Å². The minimum Gasteiger partial charge on any atom is -0.335 e. The fourth-order valence-corrected chi connectivity index (χ4v) is 2.30. The van der Waals surface area contributed by atoms with Gasteiger partial charge in [0.25, 0.3) is 5.91 Å². The van der Waals surface area contributed by atoms with Crippen molar-refractivity contribution in [3.63, 3.8) is 0 Å². The number of H-pyrrole nitrogens is 1. The average molecular weight is 276 g/mol. The van der Waals surface area contributed by atoms with Gasteiger partial charge in [-0.1, -0.05) is 20.8 Å². The summed E-state index contributed by atoms with van der Waals surface area (Å²) in [5, 5.41) is 7.04. The van der Waals surface area contributed by atoms with E-state index in [9.17, 15) is 4.79 Å². The van der Waals surface area contributed by atoms with Gasteiger partial charge in [0, 0.05) is 18.5 Å². The molecule has 3 rings (SSSR count). The number of amides is 1. The zero-order chi connectivity index (χ0) is 14.3. The lowest BCUT2D eigenvalue weighted by atomic mass is 9.96. The van der Waals surface area contributed by atoms with Gasteiger partial charge in [-0.2, -0.15) is 0 Å². The Morgan fingerprint density at radius 1 is 1.20 bits per heavy atom. The van der Waals surface area contributed by atoms with E-state index in [2.05, 4.69) is 36.0 Å². The Morgan fingerprint density at radius 2 is 1.75 bits per heavy atom. The molecule has 5 heteroatoms. The molecule has 2 aliphatic carbocycles. The van der Waals surface area contributed by atoms with Crippen molar-refractivity contribution in [2.24, 2.45) is 11.8 Å². The molecule has 2 saturated carbocycles. The molecule has 5 nitrogen and oxygen atoms in total. The van der Waals surface area contributed by atoms with Crippen molar-refractivity contribution in [2.75, 3.05) is 13.1 Å². The van der Waals surface area contributed by atoms with E-state index in [1.54, 1.807) is 0 Å². The molecule has 1 N–H and O–H groups in total. The van der Waals surface area contributed by atoms with Crippen molar-refractivity contribution in [1.82, 2.24) is 20.1 Å². The molecular weight excluding hydrogens is 252 g/mol. The van der Waals surface area contributed by atoms with Crippen molar-refractivity contribution < 1.29 is 4.79 Å². The Bertz CT molecular complexity index is 480. The van der Waals surface area contributed by atoms with Crippen LogP contribution in [0.2, 0.25) is 0 Å². The molecule has 1 aromatic rings. The Hall–Kier alpha value is -1.39. The Balaban J connectivity index is 1.71. The fraction of sp³-hybridized carbons (Fsp3) is 0.800. The van der Waals surface area contributed by atoms with Crippen molar-refractivity contribution in [3.8, 4) is 0 Å². The fourth-order valence-electron chi connectivity index (χ4n) is 2.30. The number of nitrogens with zero attached hydrogens (tertiary/aromatic N) is 3. The van der Waals surface area contributed by atoms with Gasteiger partial charge in [0.05, 0.1) is 0 Å². The normalized spacial score (nSPS) is 19.1. The summed E-state index contributed by atoms with van der Waals surface area (Å²) in [4.78, 5) is 19.0. The molecule has 20 heavy (non-hydrogen) atoms. The second-order valence-corrected chi connectivity index (χ2v) is 7.35. The second kappa shape index (κ2) is 4.86. The van der Waals surface area contributed by atoms with Gasteiger partial charge in [0.2, 0.25) is 5.82 Å². The first-order chi connectivity index (χ1) is 9.43. The van der Waals surface area contributed by atoms with Gasteiger partial charge in [-0.05, 0) is 37.5 Å². The monoisotopic (exact) mass is 276 g/mol. The van der Waals surface area contributed by atoms with E-state index in [4.69, 9.17) is 0 Å². The van der Waals surface area contributed by atoms with Crippen molar-refractivity contribution >= 4 is 5.91 Å². The molecule has 0 atom stereocenters. The quantitative estimate of drug-likeness (QED) is 0.898. The van der Waals surface area contributed by atoms with E-state index < -0.39 is 0 Å². The molecule has 0 bridgehead atoms. The zero-order valence-corrected chi connectivity index (χ0v) is 12.6. The average Bonchev–Trinajstić information content (AvgIpc) is 3.28. The predicted molar refractivity (Wildman–Crippen MR) is 76.4 cm³/mol. The maximum atomic E-state index is 12.6. The highest BCUT2D eigenvalue weighted by Crippen LogP contribution is 2.34. The van der Waals surface area contributed by atoms with Crippen LogP contribution in [0, 0.1) is 11.8 Å². The number of nitrogens with one attached hydrogen (secondary N) is 1. The van der Waals surface area contributed by atoms with Crippen LogP contribution in [-0.2, 0) is 5.41 Å². The first-order valence-electron chi connectivity index (χ1n) is 7.65. The van der Waals surface area contributed by atoms with E-state index in [1.807, 2.05) is 4.90 Å². The highest BCUT2D eigenvalue weighted by Gasteiger charge is 2.33. The van der Waals surface area contributed by atoms with Gasteiger partial charge in [-0.15, -0.1) is 5.10 Å². The number of aromatic nitrogens is 3. The lowest BCUT2D eigenvalue weighted by Gasteiger charge is -2.21. The van der Waals surface area contributed by atoms with Crippen LogP contribution in [0.5, 0.6) is 0 Å². The highest BCUT2D eigenvalue weighted by atomic mass is 16.2. The highest BCUT2D eigenvalue weighted by molar-refractivity contribution is 5.90. The summed E-state index contributed by atoms with van der Waals surface area (Å²) in [5.41, 5.74) is -0.108. The summed E-state index contributed by atoms with van der Waals surface area (Å²) in [6.07, 6.45) is 5.04. The van der Waals surface area contributed by atoms with Gasteiger partial charge in [-0.3, -0.25) is 9.89 Å². The Kier molecular flexibility index (Phi) is 3.30. The number of rotatable bonds is 5. The van der Waals surface area contributed by atoms with Crippen LogP contribution >= 0.6 is 0 Å². The van der Waals surface area contributed by atoms with E-state index >= 15 is 0 Å². The summed E-state index contributed by atoms with van der Waals surface area (Å²) in [7, 11) is 0. The SMILES string of the molecule is CC(C)(C)c1nc(C(=O)N(CC2CC2)CC2CC2)n[nH]1. The van der Waals surface area contributed by atoms with Crippen LogP contribution in [0.25, 0.3) is 0 Å². The third-order valence-corrected chi connectivity index (χ3v) is 4.03. The smallest absolute Gasteiger partial charge is 0.293 e. The van der Waals surface area contributed by atoms with Crippen LogP contribution in [-0.4, -0.2) is 39.1 Å². The molecule has 110 valence electrons. The minimum atomic E-state index is -0.108. The zero-order valence-electron chi connectivity index (χ0n) is 12.6. The molecule has 0 saturated heterocycles. The predicted octanol–water partition coefficient (Wildman–Crippen LogP) is 2.36. The topological polar surface area (TPSA) is 61.9 Å². The van der Waals surface area contributed by atoms with Crippen LogP contribution < -0.4 is 0 Å². The van der Waals surface area contributed by atoms with Crippen molar-refractivity contribution in [1.29, 1.82) is 0 Å². The Morgan fingerprint density at radius 3 is 2.15 bits per heavy atom. The summed E-state index contributed by atoms with van der Waals surface area (Å²) in [6, 6.07) is 0. The van der Waals surface area contributed by atoms with Crippen molar-refractivity contribution in [2.45, 2.75) is 51.9 Å². The first kappa shape index (κ1) is 13.6. The number of carbonyl (C=O) groups is 1. The lowest BCUT2D eigenvalue weighted by molar-refractivity contribution is 0.0727. The van der Waals surface area contributed by atoms with Crippen LogP contribution in [0.15, 0.2) is 0 Å². The summed E-state index contributed by atoms with van der Waals surface area (Å²) < 4.78 is 0. The van der Waals surface area contributed by atoms with E-state index in [1.165, 1.54) is 25.7 Å². The van der Waals surface area contributed by atoms with E-state index in [-0.39, 0.29) is 11.3 Å². The minimum absolute atomic E-state index is 0.00412. The molecule has 2 aliphatic rings. The van der Waals surface area contributed by atoms with E-state index in [0.29, 0.717) is 17.7 Å². The molecule has 0 spiro atoms. The molecule has 1 heterocycles. The summed E-state index contributed by atoms with van der Waals surface area (Å²) in [6.45, 7) is 7.96. The lowest BCUT2D eigenvalue weighted by Crippen LogP contribution is -2.35. The van der Waals surface area contributed by atoms with Gasteiger partial charge < -0.3 is 4.90 Å². The molecule has 2 fully saturated rings. The number of aromatic amines is 1. The van der Waals surface area contributed by atoms with E-state index in [0.717, 1.165) is 18.9 Å². The molecule has 0 radical (unpaired) electrons.